The molecule has 2 N–H and O–H groups in total. The number of ether oxygens (including phenoxy) is 3. The molecular weight excluding hydrogens is 344 g/mol. The fourth-order valence-corrected chi connectivity index (χ4v) is 2.63. The van der Waals surface area contributed by atoms with Crippen LogP contribution in [-0.4, -0.2) is 33.8 Å². The summed E-state index contributed by atoms with van der Waals surface area (Å²) < 4.78 is 15.9. The first-order chi connectivity index (χ1) is 12.8. The maximum Gasteiger partial charge on any atom is 0.243 e. The molecule has 146 valence electrons. The predicted octanol–water partition coefficient (Wildman–Crippen LogP) is 4.06. The molecule has 0 radical (unpaired) electrons. The van der Waals surface area contributed by atoms with Gasteiger partial charge in [-0.3, -0.25) is 4.79 Å². The van der Waals surface area contributed by atoms with Gasteiger partial charge >= 0.3 is 0 Å². The van der Waals surface area contributed by atoms with Gasteiger partial charge in [0.25, 0.3) is 0 Å². The highest BCUT2D eigenvalue weighted by molar-refractivity contribution is 5.94. The number of benzene rings is 2. The van der Waals surface area contributed by atoms with Crippen LogP contribution >= 0.6 is 0 Å². The first kappa shape index (κ1) is 20.4. The van der Waals surface area contributed by atoms with Gasteiger partial charge in [-0.1, -0.05) is 32.9 Å². The Morgan fingerprint density at radius 1 is 0.889 bits per heavy atom. The lowest BCUT2D eigenvalue weighted by atomic mass is 9.87. The van der Waals surface area contributed by atoms with Crippen LogP contribution in [0.25, 0.3) is 0 Å². The summed E-state index contributed by atoms with van der Waals surface area (Å²) in [6.07, 6.45) is 0. The van der Waals surface area contributed by atoms with Gasteiger partial charge < -0.3 is 24.8 Å². The van der Waals surface area contributed by atoms with Crippen LogP contribution in [0.15, 0.2) is 36.4 Å². The van der Waals surface area contributed by atoms with E-state index in [0.29, 0.717) is 22.9 Å². The molecule has 2 aromatic rings. The van der Waals surface area contributed by atoms with Gasteiger partial charge in [0, 0.05) is 23.5 Å². The highest BCUT2D eigenvalue weighted by Gasteiger charge is 2.15. The van der Waals surface area contributed by atoms with Gasteiger partial charge in [0.2, 0.25) is 11.7 Å². The molecule has 2 aromatic carbocycles. The van der Waals surface area contributed by atoms with Crippen LogP contribution in [0.5, 0.6) is 17.2 Å². The summed E-state index contributed by atoms with van der Waals surface area (Å²) in [5.74, 6) is 1.27. The molecular formula is C21H28N2O4. The van der Waals surface area contributed by atoms with Crippen LogP contribution in [0.2, 0.25) is 0 Å². The van der Waals surface area contributed by atoms with E-state index in [4.69, 9.17) is 14.2 Å². The van der Waals surface area contributed by atoms with E-state index in [1.54, 1.807) is 12.1 Å². The Morgan fingerprint density at radius 3 is 1.89 bits per heavy atom. The standard InChI is InChI=1S/C21H28N2O4/c1-21(2,3)14-7-9-15(10-8-14)22-13-19(24)23-16-11-17(25-4)20(27-6)18(12-16)26-5/h7-12,22H,13H2,1-6H3,(H,23,24). The third kappa shape index (κ3) is 5.29. The van der Waals surface area contributed by atoms with Crippen molar-refractivity contribution in [1.29, 1.82) is 0 Å². The van der Waals surface area contributed by atoms with E-state index >= 15 is 0 Å². The topological polar surface area (TPSA) is 68.8 Å². The number of carbonyl (C=O) groups excluding carboxylic acids is 1. The zero-order valence-electron chi connectivity index (χ0n) is 16.8. The predicted molar refractivity (Wildman–Crippen MR) is 108 cm³/mol. The van der Waals surface area contributed by atoms with Crippen molar-refractivity contribution in [1.82, 2.24) is 0 Å². The Hall–Kier alpha value is -2.89. The monoisotopic (exact) mass is 372 g/mol. The second-order valence-electron chi connectivity index (χ2n) is 7.14. The molecule has 0 bridgehead atoms. The first-order valence-electron chi connectivity index (χ1n) is 8.72. The minimum Gasteiger partial charge on any atom is -0.493 e. The average Bonchev–Trinajstić information content (AvgIpc) is 2.65. The van der Waals surface area contributed by atoms with Crippen molar-refractivity contribution in [3.05, 3.63) is 42.0 Å². The van der Waals surface area contributed by atoms with Crippen LogP contribution in [0.1, 0.15) is 26.3 Å². The van der Waals surface area contributed by atoms with Crippen molar-refractivity contribution in [3.63, 3.8) is 0 Å². The van der Waals surface area contributed by atoms with E-state index in [-0.39, 0.29) is 17.9 Å². The molecule has 1 amide bonds. The van der Waals surface area contributed by atoms with E-state index in [1.807, 2.05) is 12.1 Å². The maximum atomic E-state index is 12.3. The summed E-state index contributed by atoms with van der Waals surface area (Å²) in [5.41, 5.74) is 2.81. The van der Waals surface area contributed by atoms with Crippen molar-refractivity contribution in [2.75, 3.05) is 38.5 Å². The van der Waals surface area contributed by atoms with Gasteiger partial charge in [-0.15, -0.1) is 0 Å². The highest BCUT2D eigenvalue weighted by Crippen LogP contribution is 2.39. The Morgan fingerprint density at radius 2 is 1.44 bits per heavy atom. The third-order valence-electron chi connectivity index (χ3n) is 4.15. The van der Waals surface area contributed by atoms with Gasteiger partial charge in [-0.25, -0.2) is 0 Å². The summed E-state index contributed by atoms with van der Waals surface area (Å²) in [4.78, 5) is 12.3. The molecule has 0 spiro atoms. The zero-order chi connectivity index (χ0) is 20.0. The van der Waals surface area contributed by atoms with E-state index < -0.39 is 0 Å². The number of hydrogen-bond acceptors (Lipinski definition) is 5. The first-order valence-corrected chi connectivity index (χ1v) is 8.72. The van der Waals surface area contributed by atoms with Gasteiger partial charge in [0.15, 0.2) is 11.5 Å². The average molecular weight is 372 g/mol. The van der Waals surface area contributed by atoms with Crippen molar-refractivity contribution in [2.24, 2.45) is 0 Å². The molecule has 0 fully saturated rings. The molecule has 2 rings (SSSR count). The Labute approximate surface area is 160 Å². The molecule has 0 aliphatic rings. The Kier molecular flexibility index (Phi) is 6.55. The SMILES string of the molecule is COc1cc(NC(=O)CNc2ccc(C(C)(C)C)cc2)cc(OC)c1OC. The normalized spacial score (nSPS) is 10.9. The lowest BCUT2D eigenvalue weighted by Gasteiger charge is -2.19. The molecule has 0 atom stereocenters. The summed E-state index contributed by atoms with van der Waals surface area (Å²) in [6, 6.07) is 11.5. The largest absolute Gasteiger partial charge is 0.493 e. The van der Waals surface area contributed by atoms with Crippen molar-refractivity contribution >= 4 is 17.3 Å². The number of methoxy groups -OCH3 is 3. The highest BCUT2D eigenvalue weighted by atomic mass is 16.5. The fraction of sp³-hybridized carbons (Fsp3) is 0.381. The van der Waals surface area contributed by atoms with E-state index in [0.717, 1.165) is 5.69 Å². The third-order valence-corrected chi connectivity index (χ3v) is 4.15. The molecule has 0 saturated carbocycles. The molecule has 6 heteroatoms. The molecule has 0 unspecified atom stereocenters. The zero-order valence-corrected chi connectivity index (χ0v) is 16.8. The number of carbonyl (C=O) groups is 1. The number of rotatable bonds is 7. The maximum absolute atomic E-state index is 12.3. The van der Waals surface area contributed by atoms with E-state index in [1.165, 1.54) is 26.9 Å². The van der Waals surface area contributed by atoms with Crippen LogP contribution in [0.4, 0.5) is 11.4 Å². The van der Waals surface area contributed by atoms with E-state index in [9.17, 15) is 4.79 Å². The minimum atomic E-state index is -0.177. The molecule has 0 saturated heterocycles. The van der Waals surface area contributed by atoms with Gasteiger partial charge in [0.05, 0.1) is 27.9 Å². The number of hydrogen-bond donors (Lipinski definition) is 2. The summed E-state index contributed by atoms with van der Waals surface area (Å²) in [7, 11) is 4.60. The van der Waals surface area contributed by atoms with Crippen molar-refractivity contribution in [2.45, 2.75) is 26.2 Å². The number of nitrogens with one attached hydrogen (secondary N) is 2. The summed E-state index contributed by atoms with van der Waals surface area (Å²) in [5, 5.41) is 5.96. The molecule has 0 aliphatic carbocycles. The van der Waals surface area contributed by atoms with Crippen LogP contribution in [0, 0.1) is 0 Å². The van der Waals surface area contributed by atoms with Crippen LogP contribution in [0.3, 0.4) is 0 Å². The quantitative estimate of drug-likeness (QED) is 0.767. The lowest BCUT2D eigenvalue weighted by molar-refractivity contribution is -0.114. The molecule has 6 nitrogen and oxygen atoms in total. The molecule has 0 heterocycles. The van der Waals surface area contributed by atoms with Crippen molar-refractivity contribution in [3.8, 4) is 17.2 Å². The van der Waals surface area contributed by atoms with Gasteiger partial charge in [-0.2, -0.15) is 0 Å². The molecule has 27 heavy (non-hydrogen) atoms. The van der Waals surface area contributed by atoms with Gasteiger partial charge in [0.1, 0.15) is 0 Å². The number of amides is 1. The summed E-state index contributed by atoms with van der Waals surface area (Å²) >= 11 is 0. The molecule has 0 aromatic heterocycles. The Bertz CT molecular complexity index is 755. The van der Waals surface area contributed by atoms with Crippen LogP contribution in [-0.2, 0) is 10.2 Å². The lowest BCUT2D eigenvalue weighted by Crippen LogP contribution is -2.22. The van der Waals surface area contributed by atoms with Gasteiger partial charge in [-0.05, 0) is 23.1 Å². The van der Waals surface area contributed by atoms with E-state index in [2.05, 4.69) is 43.5 Å². The fourth-order valence-electron chi connectivity index (χ4n) is 2.63. The minimum absolute atomic E-state index is 0.0996. The second kappa shape index (κ2) is 8.66. The summed E-state index contributed by atoms with van der Waals surface area (Å²) in [6.45, 7) is 6.65. The number of anilines is 2. The second-order valence-corrected chi connectivity index (χ2v) is 7.14. The molecule has 0 aliphatic heterocycles. The Balaban J connectivity index is 2.01. The van der Waals surface area contributed by atoms with Crippen LogP contribution < -0.4 is 24.8 Å². The smallest absolute Gasteiger partial charge is 0.243 e. The van der Waals surface area contributed by atoms with Crippen molar-refractivity contribution < 1.29 is 19.0 Å².